The van der Waals surface area contributed by atoms with E-state index in [2.05, 4.69) is 10.3 Å². The SMILES string of the molecule is CNCCCN(C)c1ccc(Cl)c(C(=O)O)n1. The van der Waals surface area contributed by atoms with E-state index in [1.807, 2.05) is 19.0 Å². The Balaban J connectivity index is 2.77. The van der Waals surface area contributed by atoms with Crippen LogP contribution in [0.25, 0.3) is 0 Å². The van der Waals surface area contributed by atoms with Gasteiger partial charge in [0, 0.05) is 13.6 Å². The molecule has 94 valence electrons. The number of carboxylic acid groups (broad SMARTS) is 1. The minimum atomic E-state index is -1.11. The van der Waals surface area contributed by atoms with Crippen molar-refractivity contribution in [2.45, 2.75) is 6.42 Å². The first-order chi connectivity index (χ1) is 8.06. The molecule has 6 heteroatoms. The second-order valence-corrected chi connectivity index (χ2v) is 4.09. The monoisotopic (exact) mass is 257 g/mol. The van der Waals surface area contributed by atoms with Crippen LogP contribution in [0.3, 0.4) is 0 Å². The van der Waals surface area contributed by atoms with E-state index in [4.69, 9.17) is 16.7 Å². The van der Waals surface area contributed by atoms with E-state index < -0.39 is 5.97 Å². The van der Waals surface area contributed by atoms with Crippen molar-refractivity contribution in [2.75, 3.05) is 32.1 Å². The number of pyridine rings is 1. The van der Waals surface area contributed by atoms with Gasteiger partial charge < -0.3 is 15.3 Å². The first-order valence-corrected chi connectivity index (χ1v) is 5.69. The average Bonchev–Trinajstić information content (AvgIpc) is 2.29. The highest BCUT2D eigenvalue weighted by Gasteiger charge is 2.12. The number of nitrogens with one attached hydrogen (secondary N) is 1. The smallest absolute Gasteiger partial charge is 0.356 e. The van der Waals surface area contributed by atoms with E-state index >= 15 is 0 Å². The molecule has 1 heterocycles. The van der Waals surface area contributed by atoms with Crippen LogP contribution in [-0.4, -0.2) is 43.2 Å². The van der Waals surface area contributed by atoms with Crippen molar-refractivity contribution in [3.63, 3.8) is 0 Å². The van der Waals surface area contributed by atoms with E-state index in [1.165, 1.54) is 0 Å². The lowest BCUT2D eigenvalue weighted by Crippen LogP contribution is -2.23. The molecule has 0 saturated carbocycles. The summed E-state index contributed by atoms with van der Waals surface area (Å²) in [7, 11) is 3.76. The molecule has 1 aromatic heterocycles. The summed E-state index contributed by atoms with van der Waals surface area (Å²) in [6, 6.07) is 3.27. The van der Waals surface area contributed by atoms with Crippen molar-refractivity contribution < 1.29 is 9.90 Å². The largest absolute Gasteiger partial charge is 0.476 e. The lowest BCUT2D eigenvalue weighted by molar-refractivity contribution is 0.0691. The number of anilines is 1. The maximum Gasteiger partial charge on any atom is 0.356 e. The van der Waals surface area contributed by atoms with Crippen molar-refractivity contribution >= 4 is 23.4 Å². The predicted molar refractivity (Wildman–Crippen MR) is 68.0 cm³/mol. The van der Waals surface area contributed by atoms with Crippen molar-refractivity contribution in [3.05, 3.63) is 22.8 Å². The lowest BCUT2D eigenvalue weighted by Gasteiger charge is -2.18. The van der Waals surface area contributed by atoms with E-state index in [0.717, 1.165) is 19.5 Å². The molecule has 2 N–H and O–H groups in total. The quantitative estimate of drug-likeness (QED) is 0.756. The van der Waals surface area contributed by atoms with Gasteiger partial charge in [-0.25, -0.2) is 9.78 Å². The van der Waals surface area contributed by atoms with Gasteiger partial charge in [-0.1, -0.05) is 11.6 Å². The minimum Gasteiger partial charge on any atom is -0.476 e. The Hall–Kier alpha value is -1.33. The third kappa shape index (κ3) is 3.87. The van der Waals surface area contributed by atoms with Crippen LogP contribution in [0.2, 0.25) is 5.02 Å². The van der Waals surface area contributed by atoms with Gasteiger partial charge in [0.2, 0.25) is 0 Å². The van der Waals surface area contributed by atoms with Crippen molar-refractivity contribution in [3.8, 4) is 0 Å². The zero-order chi connectivity index (χ0) is 12.8. The maximum absolute atomic E-state index is 10.9. The Labute approximate surface area is 105 Å². The Morgan fingerprint density at radius 3 is 2.88 bits per heavy atom. The van der Waals surface area contributed by atoms with Gasteiger partial charge >= 0.3 is 5.97 Å². The fourth-order valence-electron chi connectivity index (χ4n) is 1.40. The van der Waals surface area contributed by atoms with E-state index in [0.29, 0.717) is 5.82 Å². The van der Waals surface area contributed by atoms with Crippen molar-refractivity contribution in [1.82, 2.24) is 10.3 Å². The number of halogens is 1. The number of carboxylic acids is 1. The Bertz CT molecular complexity index is 398. The van der Waals surface area contributed by atoms with Gasteiger partial charge in [-0.05, 0) is 32.1 Å². The van der Waals surface area contributed by atoms with Crippen molar-refractivity contribution in [1.29, 1.82) is 0 Å². The molecule has 17 heavy (non-hydrogen) atoms. The molecule has 1 rings (SSSR count). The van der Waals surface area contributed by atoms with Gasteiger partial charge in [0.25, 0.3) is 0 Å². The van der Waals surface area contributed by atoms with Crippen LogP contribution >= 0.6 is 11.6 Å². The number of hydrogen-bond acceptors (Lipinski definition) is 4. The summed E-state index contributed by atoms with van der Waals surface area (Å²) in [6.07, 6.45) is 0.958. The van der Waals surface area contributed by atoms with Crippen LogP contribution in [0.1, 0.15) is 16.9 Å². The topological polar surface area (TPSA) is 65.5 Å². The van der Waals surface area contributed by atoms with E-state index in [-0.39, 0.29) is 10.7 Å². The first kappa shape index (κ1) is 13.7. The molecular weight excluding hydrogens is 242 g/mol. The highest BCUT2D eigenvalue weighted by Crippen LogP contribution is 2.18. The molecule has 0 unspecified atom stereocenters. The Kier molecular flexibility index (Phi) is 5.18. The van der Waals surface area contributed by atoms with Crippen LogP contribution in [0.15, 0.2) is 12.1 Å². The zero-order valence-corrected chi connectivity index (χ0v) is 10.7. The summed E-state index contributed by atoms with van der Waals surface area (Å²) in [5.74, 6) is -0.497. The standard InChI is InChI=1S/C11H16ClN3O2/c1-13-6-3-7-15(2)9-5-4-8(12)10(14-9)11(16)17/h4-5,13H,3,6-7H2,1-2H3,(H,16,17). The van der Waals surface area contributed by atoms with E-state index in [9.17, 15) is 4.79 Å². The molecule has 0 fully saturated rings. The second kappa shape index (κ2) is 6.42. The molecule has 5 nitrogen and oxygen atoms in total. The molecule has 0 saturated heterocycles. The van der Waals surface area contributed by atoms with Gasteiger partial charge in [0.1, 0.15) is 5.82 Å². The van der Waals surface area contributed by atoms with Crippen LogP contribution in [0, 0.1) is 0 Å². The Morgan fingerprint density at radius 1 is 1.59 bits per heavy atom. The van der Waals surface area contributed by atoms with Crippen LogP contribution in [-0.2, 0) is 0 Å². The van der Waals surface area contributed by atoms with Gasteiger partial charge in [-0.2, -0.15) is 0 Å². The van der Waals surface area contributed by atoms with Crippen LogP contribution in [0.4, 0.5) is 5.82 Å². The summed E-state index contributed by atoms with van der Waals surface area (Å²) in [5.41, 5.74) is -0.107. The lowest BCUT2D eigenvalue weighted by atomic mass is 10.3. The number of aromatic carboxylic acids is 1. The zero-order valence-electron chi connectivity index (χ0n) is 9.90. The maximum atomic E-state index is 10.9. The minimum absolute atomic E-state index is 0.107. The number of aromatic nitrogens is 1. The normalized spacial score (nSPS) is 10.3. The van der Waals surface area contributed by atoms with Gasteiger partial charge in [-0.3, -0.25) is 0 Å². The van der Waals surface area contributed by atoms with Crippen LogP contribution < -0.4 is 10.2 Å². The van der Waals surface area contributed by atoms with E-state index in [1.54, 1.807) is 12.1 Å². The fourth-order valence-corrected chi connectivity index (χ4v) is 1.59. The summed E-state index contributed by atoms with van der Waals surface area (Å²) in [4.78, 5) is 16.8. The third-order valence-corrected chi connectivity index (χ3v) is 2.65. The molecule has 0 amide bonds. The molecule has 1 aromatic rings. The number of rotatable bonds is 6. The van der Waals surface area contributed by atoms with Crippen molar-refractivity contribution in [2.24, 2.45) is 0 Å². The van der Waals surface area contributed by atoms with Gasteiger partial charge in [0.15, 0.2) is 5.69 Å². The molecule has 0 radical (unpaired) electrons. The molecule has 0 aliphatic rings. The molecule has 0 bridgehead atoms. The first-order valence-electron chi connectivity index (χ1n) is 5.32. The molecule has 0 atom stereocenters. The highest BCUT2D eigenvalue weighted by molar-refractivity contribution is 6.33. The Morgan fingerprint density at radius 2 is 2.29 bits per heavy atom. The average molecular weight is 258 g/mol. The summed E-state index contributed by atoms with van der Waals surface area (Å²) < 4.78 is 0. The molecule has 0 aromatic carbocycles. The molecule has 0 spiro atoms. The number of nitrogens with zero attached hydrogens (tertiary/aromatic N) is 2. The molecule has 0 aliphatic carbocycles. The molecule has 0 aliphatic heterocycles. The number of carbonyl (C=O) groups is 1. The summed E-state index contributed by atoms with van der Waals surface area (Å²) >= 11 is 5.75. The second-order valence-electron chi connectivity index (χ2n) is 3.68. The number of hydrogen-bond donors (Lipinski definition) is 2. The molecular formula is C11H16ClN3O2. The predicted octanol–water partition coefficient (Wildman–Crippen LogP) is 1.48. The third-order valence-electron chi connectivity index (χ3n) is 2.35. The van der Waals surface area contributed by atoms with Gasteiger partial charge in [0.05, 0.1) is 5.02 Å². The summed E-state index contributed by atoms with van der Waals surface area (Å²) in [5, 5.41) is 12.1. The summed E-state index contributed by atoms with van der Waals surface area (Å²) in [6.45, 7) is 1.71. The fraction of sp³-hybridized carbons (Fsp3) is 0.455. The van der Waals surface area contributed by atoms with Crippen LogP contribution in [0.5, 0.6) is 0 Å². The van der Waals surface area contributed by atoms with Gasteiger partial charge in [-0.15, -0.1) is 0 Å². The highest BCUT2D eigenvalue weighted by atomic mass is 35.5.